The first-order valence-corrected chi connectivity index (χ1v) is 9.15. The molecule has 2 fully saturated rings. The molecule has 0 radical (unpaired) electrons. The Bertz CT molecular complexity index is 658. The number of hydrogen-bond donors (Lipinski definition) is 1. The van der Waals surface area contributed by atoms with Crippen LogP contribution in [-0.2, 0) is 10.0 Å². The summed E-state index contributed by atoms with van der Waals surface area (Å²) in [5, 5.41) is 13.9. The Balaban J connectivity index is 1.90. The summed E-state index contributed by atoms with van der Waals surface area (Å²) in [6.07, 6.45) is 3.35. The summed E-state index contributed by atoms with van der Waals surface area (Å²) in [4.78, 5) is 10.4. The van der Waals surface area contributed by atoms with Gasteiger partial charge in [-0.15, -0.1) is 0 Å². The molecule has 9 heteroatoms. The molecule has 1 aromatic heterocycles. The molecule has 1 aromatic rings. The Kier molecular flexibility index (Phi) is 3.66. The Labute approximate surface area is 127 Å². The molecule has 116 valence electrons. The Morgan fingerprint density at radius 2 is 2.00 bits per heavy atom. The quantitative estimate of drug-likeness (QED) is 0.674. The van der Waals surface area contributed by atoms with E-state index in [9.17, 15) is 18.5 Å². The van der Waals surface area contributed by atoms with Crippen molar-refractivity contribution < 1.29 is 13.3 Å². The Hall–Kier alpha value is -1.19. The molecule has 1 aliphatic carbocycles. The van der Waals surface area contributed by atoms with Crippen LogP contribution in [0, 0.1) is 22.0 Å². The van der Waals surface area contributed by atoms with Crippen LogP contribution >= 0.6 is 11.3 Å². The van der Waals surface area contributed by atoms with Crippen molar-refractivity contribution in [2.24, 2.45) is 11.8 Å². The van der Waals surface area contributed by atoms with Crippen LogP contribution in [0.4, 0.5) is 10.7 Å². The molecule has 2 atom stereocenters. The van der Waals surface area contributed by atoms with Crippen LogP contribution in [0.15, 0.2) is 10.3 Å². The second-order valence-corrected chi connectivity index (χ2v) is 8.78. The minimum atomic E-state index is -3.62. The maximum absolute atomic E-state index is 12.7. The van der Waals surface area contributed by atoms with Gasteiger partial charge in [0, 0.05) is 26.2 Å². The lowest BCUT2D eigenvalue weighted by atomic mass is 10.0. The summed E-state index contributed by atoms with van der Waals surface area (Å²) < 4.78 is 26.9. The Morgan fingerprint density at radius 1 is 1.38 bits per heavy atom. The first-order chi connectivity index (χ1) is 9.93. The van der Waals surface area contributed by atoms with E-state index < -0.39 is 14.9 Å². The number of rotatable bonds is 4. The highest BCUT2D eigenvalue weighted by Crippen LogP contribution is 2.42. The summed E-state index contributed by atoms with van der Waals surface area (Å²) in [5.74, 6) is 0.914. The van der Waals surface area contributed by atoms with Crippen LogP contribution < -0.4 is 5.32 Å². The van der Waals surface area contributed by atoms with E-state index in [2.05, 4.69) is 5.32 Å². The average molecular weight is 331 g/mol. The van der Waals surface area contributed by atoms with Gasteiger partial charge in [-0.25, -0.2) is 8.42 Å². The fraction of sp³-hybridized carbons (Fsp3) is 0.667. The molecule has 1 aliphatic heterocycles. The maximum Gasteiger partial charge on any atom is 0.304 e. The van der Waals surface area contributed by atoms with E-state index >= 15 is 0 Å². The van der Waals surface area contributed by atoms with Crippen LogP contribution in [0.25, 0.3) is 0 Å². The van der Waals surface area contributed by atoms with E-state index in [0.29, 0.717) is 24.9 Å². The zero-order chi connectivity index (χ0) is 15.2. The molecular formula is C12H17N3O4S2. The SMILES string of the molecule is CNc1sc(S(=O)(=O)N2CC3CCCC3C2)cc1[N+](=O)[O-]. The first-order valence-electron chi connectivity index (χ1n) is 6.89. The second-order valence-electron chi connectivity index (χ2n) is 5.56. The van der Waals surface area contributed by atoms with Gasteiger partial charge in [-0.05, 0) is 24.7 Å². The van der Waals surface area contributed by atoms with E-state index in [4.69, 9.17) is 0 Å². The molecule has 1 saturated carbocycles. The van der Waals surface area contributed by atoms with Crippen molar-refractivity contribution >= 4 is 32.0 Å². The lowest BCUT2D eigenvalue weighted by molar-refractivity contribution is -0.383. The predicted molar refractivity (Wildman–Crippen MR) is 80.1 cm³/mol. The largest absolute Gasteiger partial charge is 0.374 e. The standard InChI is InChI=1S/C12H17N3O4S2/c1-13-12-10(15(16)17)5-11(20-12)21(18,19)14-6-8-3-2-4-9(8)7-14/h5,8-9,13H,2-4,6-7H2,1H3. The molecule has 1 saturated heterocycles. The molecule has 3 rings (SSSR count). The molecular weight excluding hydrogens is 314 g/mol. The van der Waals surface area contributed by atoms with Gasteiger partial charge in [-0.3, -0.25) is 10.1 Å². The number of thiophene rings is 1. The van der Waals surface area contributed by atoms with E-state index in [1.807, 2.05) is 0 Å². The number of hydrogen-bond acceptors (Lipinski definition) is 6. The normalized spacial score (nSPS) is 26.0. The predicted octanol–water partition coefficient (Wildman–Crippen LogP) is 2.12. The van der Waals surface area contributed by atoms with Crippen LogP contribution in [0.2, 0.25) is 0 Å². The van der Waals surface area contributed by atoms with Gasteiger partial charge in [0.05, 0.1) is 4.92 Å². The van der Waals surface area contributed by atoms with Crippen molar-refractivity contribution in [2.75, 3.05) is 25.5 Å². The van der Waals surface area contributed by atoms with Gasteiger partial charge in [0.1, 0.15) is 4.21 Å². The van der Waals surface area contributed by atoms with E-state index in [0.717, 1.165) is 24.2 Å². The number of nitrogens with zero attached hydrogens (tertiary/aromatic N) is 2. The topological polar surface area (TPSA) is 92.6 Å². The third-order valence-corrected chi connectivity index (χ3v) is 7.82. The van der Waals surface area contributed by atoms with Gasteiger partial charge >= 0.3 is 5.69 Å². The zero-order valence-corrected chi connectivity index (χ0v) is 13.2. The smallest absolute Gasteiger partial charge is 0.304 e. The molecule has 21 heavy (non-hydrogen) atoms. The van der Waals surface area contributed by atoms with E-state index in [1.165, 1.54) is 16.8 Å². The maximum atomic E-state index is 12.7. The minimum absolute atomic E-state index is 0.0542. The van der Waals surface area contributed by atoms with Gasteiger partial charge in [0.2, 0.25) is 0 Å². The summed E-state index contributed by atoms with van der Waals surface area (Å²) in [6, 6.07) is 1.17. The van der Waals surface area contributed by atoms with Crippen molar-refractivity contribution in [3.63, 3.8) is 0 Å². The second kappa shape index (κ2) is 5.22. The van der Waals surface area contributed by atoms with E-state index in [1.54, 1.807) is 7.05 Å². The number of sulfonamides is 1. The molecule has 0 aromatic carbocycles. The Morgan fingerprint density at radius 3 is 2.48 bits per heavy atom. The number of nitrogens with one attached hydrogen (secondary N) is 1. The summed E-state index contributed by atoms with van der Waals surface area (Å²) in [7, 11) is -2.07. The fourth-order valence-electron chi connectivity index (χ4n) is 3.32. The third kappa shape index (κ3) is 2.43. The highest BCUT2D eigenvalue weighted by atomic mass is 32.2. The van der Waals surface area contributed by atoms with Crippen LogP contribution in [-0.4, -0.2) is 37.8 Å². The van der Waals surface area contributed by atoms with Crippen LogP contribution in [0.5, 0.6) is 0 Å². The molecule has 2 heterocycles. The van der Waals surface area contributed by atoms with Crippen molar-refractivity contribution in [3.8, 4) is 0 Å². The molecule has 7 nitrogen and oxygen atoms in total. The molecule has 1 N–H and O–H groups in total. The summed E-state index contributed by atoms with van der Waals surface area (Å²) >= 11 is 0.927. The summed E-state index contributed by atoms with van der Waals surface area (Å²) in [6.45, 7) is 1.10. The molecule has 2 aliphatic rings. The highest BCUT2D eigenvalue weighted by Gasteiger charge is 2.42. The lowest BCUT2D eigenvalue weighted by Crippen LogP contribution is -2.29. The van der Waals surface area contributed by atoms with Gasteiger partial charge in [0.25, 0.3) is 10.0 Å². The molecule has 0 bridgehead atoms. The average Bonchev–Trinajstić information content (AvgIpc) is 3.11. The number of anilines is 1. The number of nitro groups is 1. The van der Waals surface area contributed by atoms with Crippen LogP contribution in [0.3, 0.4) is 0 Å². The van der Waals surface area contributed by atoms with Crippen molar-refractivity contribution in [2.45, 2.75) is 23.5 Å². The zero-order valence-electron chi connectivity index (χ0n) is 11.6. The first kappa shape index (κ1) is 14.7. The van der Waals surface area contributed by atoms with Gasteiger partial charge in [0.15, 0.2) is 5.00 Å². The van der Waals surface area contributed by atoms with Gasteiger partial charge < -0.3 is 5.32 Å². The van der Waals surface area contributed by atoms with Crippen LogP contribution in [0.1, 0.15) is 19.3 Å². The third-order valence-electron chi connectivity index (χ3n) is 4.40. The summed E-state index contributed by atoms with van der Waals surface area (Å²) in [5.41, 5.74) is -0.180. The van der Waals surface area contributed by atoms with Crippen molar-refractivity contribution in [3.05, 3.63) is 16.2 Å². The highest BCUT2D eigenvalue weighted by molar-refractivity contribution is 7.91. The van der Waals surface area contributed by atoms with Gasteiger partial charge in [-0.2, -0.15) is 4.31 Å². The minimum Gasteiger partial charge on any atom is -0.374 e. The van der Waals surface area contributed by atoms with Crippen molar-refractivity contribution in [1.82, 2.24) is 4.31 Å². The monoisotopic (exact) mass is 331 g/mol. The molecule has 2 unspecified atom stereocenters. The fourth-order valence-corrected chi connectivity index (χ4v) is 6.31. The lowest BCUT2D eigenvalue weighted by Gasteiger charge is -2.15. The molecule has 0 spiro atoms. The van der Waals surface area contributed by atoms with Crippen molar-refractivity contribution in [1.29, 1.82) is 0 Å². The molecule has 0 amide bonds. The van der Waals surface area contributed by atoms with E-state index in [-0.39, 0.29) is 14.9 Å². The number of fused-ring (bicyclic) bond motifs is 1. The van der Waals surface area contributed by atoms with Gasteiger partial charge in [-0.1, -0.05) is 17.8 Å².